The van der Waals surface area contributed by atoms with Gasteiger partial charge in [-0.3, -0.25) is 19.0 Å². The summed E-state index contributed by atoms with van der Waals surface area (Å²) in [4.78, 5) is 51.0. The number of nitrogen functional groups attached to an aromatic ring is 1. The molecule has 0 bridgehead atoms. The molecule has 0 unspecified atom stereocenters. The summed E-state index contributed by atoms with van der Waals surface area (Å²) in [6.45, 7) is 3.98. The van der Waals surface area contributed by atoms with Gasteiger partial charge in [0.25, 0.3) is 0 Å². The van der Waals surface area contributed by atoms with E-state index in [0.717, 1.165) is 47.9 Å². The van der Waals surface area contributed by atoms with Crippen molar-refractivity contribution in [1.82, 2.24) is 49.5 Å². The zero-order valence-electron chi connectivity index (χ0n) is 38.9. The molecule has 2 saturated carbocycles. The van der Waals surface area contributed by atoms with Crippen molar-refractivity contribution in [2.75, 3.05) is 35.9 Å². The van der Waals surface area contributed by atoms with Crippen LogP contribution in [-0.4, -0.2) is 75.3 Å². The maximum Gasteiger partial charge on any atom is 0.184 e. The number of ketones is 2. The van der Waals surface area contributed by atoms with Gasteiger partial charge in [0.15, 0.2) is 34.7 Å². The van der Waals surface area contributed by atoms with E-state index in [1.54, 1.807) is 67.9 Å². The van der Waals surface area contributed by atoms with Crippen molar-refractivity contribution in [3.8, 4) is 34.3 Å². The summed E-state index contributed by atoms with van der Waals surface area (Å²) in [5, 5.41) is 19.0. The topological polar surface area (TPSA) is 228 Å². The first-order valence-corrected chi connectivity index (χ1v) is 22.5. The Bertz CT molecular complexity index is 3110. The number of nitrogens with two attached hydrogens (primary N) is 1. The minimum absolute atomic E-state index is 0.0607. The number of nitrogens with zero attached hydrogens (tertiary/aromatic N) is 10. The predicted molar refractivity (Wildman–Crippen MR) is 266 cm³/mol. The molecule has 6 heterocycles. The molecule has 2 fully saturated rings. The molecule has 2 aliphatic rings. The number of nitrogens with one attached hydrogen (secondary N) is 3. The first kappa shape index (κ1) is 47.3. The fourth-order valence-electron chi connectivity index (χ4n) is 7.26. The molecule has 0 aliphatic heterocycles. The Kier molecular flexibility index (Phi) is 14.5. The van der Waals surface area contributed by atoms with E-state index in [9.17, 15) is 9.59 Å². The molecule has 0 radical (unpaired) electrons. The lowest BCUT2D eigenvalue weighted by Crippen LogP contribution is -2.09. The van der Waals surface area contributed by atoms with Gasteiger partial charge in [-0.05, 0) is 105 Å². The molecule has 69 heavy (non-hydrogen) atoms. The number of para-hydroxylation sites is 2. The summed E-state index contributed by atoms with van der Waals surface area (Å²) in [6.07, 6.45) is 13.5. The van der Waals surface area contributed by atoms with Crippen molar-refractivity contribution >= 4 is 63.4 Å². The number of anilines is 7. The summed E-state index contributed by atoms with van der Waals surface area (Å²) < 4.78 is 14.6. The van der Waals surface area contributed by atoms with E-state index in [1.807, 2.05) is 87.6 Å². The second-order valence-electron chi connectivity index (χ2n) is 16.6. The van der Waals surface area contributed by atoms with Crippen molar-refractivity contribution in [1.29, 1.82) is 0 Å². The number of pyridine rings is 4. The van der Waals surface area contributed by atoms with Crippen LogP contribution in [0, 0.1) is 25.7 Å². The lowest BCUT2D eigenvalue weighted by Gasteiger charge is -2.17. The minimum Gasteiger partial charge on any atom is -0.494 e. The Hall–Kier alpha value is -8.25. The molecule has 2 aromatic carbocycles. The molecule has 6 aromatic heterocycles. The monoisotopic (exact) mass is 946 g/mol. The second-order valence-corrected chi connectivity index (χ2v) is 16.9. The number of aryl methyl sites for hydroxylation is 4. The van der Waals surface area contributed by atoms with Crippen LogP contribution in [0.25, 0.3) is 22.8 Å². The average Bonchev–Trinajstić information content (AvgIpc) is 4.28. The molecule has 0 atom stereocenters. The number of aromatic nitrogens is 10. The summed E-state index contributed by atoms with van der Waals surface area (Å²) in [5.74, 6) is 4.46. The van der Waals surface area contributed by atoms with Crippen LogP contribution in [0.1, 0.15) is 57.5 Å². The highest BCUT2D eigenvalue weighted by molar-refractivity contribution is 6.30. The number of methoxy groups -OCH3 is 2. The fraction of sp³-hybridized carbons (Fsp3) is 0.240. The Morgan fingerprint density at radius 1 is 0.609 bits per heavy atom. The first-order valence-electron chi connectivity index (χ1n) is 22.1. The summed E-state index contributed by atoms with van der Waals surface area (Å²) in [6, 6.07) is 22.4. The van der Waals surface area contributed by atoms with Crippen molar-refractivity contribution in [2.24, 2.45) is 25.9 Å². The van der Waals surface area contributed by atoms with Crippen LogP contribution in [0.15, 0.2) is 110 Å². The Labute approximate surface area is 403 Å². The highest BCUT2D eigenvalue weighted by Gasteiger charge is 2.33. The van der Waals surface area contributed by atoms with Crippen LogP contribution in [0.5, 0.6) is 11.5 Å². The molecule has 0 saturated heterocycles. The van der Waals surface area contributed by atoms with Crippen LogP contribution < -0.4 is 31.2 Å². The molecule has 19 heteroatoms. The van der Waals surface area contributed by atoms with Crippen LogP contribution in [0.2, 0.25) is 5.15 Å². The van der Waals surface area contributed by atoms with Gasteiger partial charge in [-0.1, -0.05) is 23.7 Å². The van der Waals surface area contributed by atoms with Gasteiger partial charge in [0.2, 0.25) is 0 Å². The van der Waals surface area contributed by atoms with E-state index >= 15 is 0 Å². The van der Waals surface area contributed by atoms with E-state index in [-0.39, 0.29) is 23.4 Å². The summed E-state index contributed by atoms with van der Waals surface area (Å²) in [5.41, 5.74) is 12.8. The van der Waals surface area contributed by atoms with Crippen LogP contribution >= 0.6 is 11.6 Å². The number of Topliss-reactive ketones (excluding diaryl/α,β-unsaturated/α-hetero) is 2. The van der Waals surface area contributed by atoms with E-state index in [2.05, 4.69) is 56.1 Å². The maximum atomic E-state index is 13.0. The van der Waals surface area contributed by atoms with Crippen LogP contribution in [0.3, 0.4) is 0 Å². The number of carbonyl (C=O) groups is 2. The average molecular weight is 948 g/mol. The Morgan fingerprint density at radius 3 is 1.55 bits per heavy atom. The molecular weight excluding hydrogens is 896 g/mol. The van der Waals surface area contributed by atoms with E-state index in [0.29, 0.717) is 79.6 Å². The molecule has 10 rings (SSSR count). The number of hydrogen-bond donors (Lipinski definition) is 4. The van der Waals surface area contributed by atoms with Gasteiger partial charge >= 0.3 is 0 Å². The molecule has 2 aliphatic carbocycles. The highest BCUT2D eigenvalue weighted by atomic mass is 35.5. The van der Waals surface area contributed by atoms with Crippen molar-refractivity contribution < 1.29 is 19.1 Å². The number of halogens is 1. The SMILES string of the molecule is COc1c(Nc2cc(Cl)ncc2C(=O)C2CC2)cccc1-c1ncn(C)n1.COc1c(Nc2cc(Nc3cc(C)ccn3)ncc2C(=O)C2CC2)cccc1-c1ncn(C)n1.Cc1ccnc(N)c1. The minimum atomic E-state index is 0.0607. The molecule has 352 valence electrons. The molecule has 8 aromatic rings. The number of carbonyl (C=O) groups excluding carboxylic acids is 2. The fourth-order valence-corrected chi connectivity index (χ4v) is 7.42. The van der Waals surface area contributed by atoms with E-state index in [4.69, 9.17) is 26.8 Å². The number of hydrogen-bond acceptors (Lipinski definition) is 16. The van der Waals surface area contributed by atoms with Crippen LogP contribution in [0.4, 0.5) is 40.2 Å². The largest absolute Gasteiger partial charge is 0.494 e. The lowest BCUT2D eigenvalue weighted by atomic mass is 10.1. The predicted octanol–water partition coefficient (Wildman–Crippen LogP) is 9.52. The van der Waals surface area contributed by atoms with Gasteiger partial charge in [-0.15, -0.1) is 0 Å². The third-order valence-electron chi connectivity index (χ3n) is 11.0. The van der Waals surface area contributed by atoms with Crippen molar-refractivity contribution in [3.63, 3.8) is 0 Å². The standard InChI is InChI=1S/C25H25N7O2.C19H18ClN5O2.C6H8N2/c1-15-9-10-26-21(11-15)30-22-12-20(18(13-27-22)23(33)16-7-8-16)29-19-6-4-5-17(24(19)34-3)25-28-14-32(2)31-25;1-25-10-22-19(24-25)12-4-3-5-14(18(12)27-2)23-15-8-16(20)21-9-13(15)17(26)11-6-7-11;1-5-2-3-8-6(7)4-5/h4-6,9-14,16H,7-8H2,1-3H3,(H2,26,27,29,30);3-5,8-11H,6-7H2,1-2H3,(H,21,23);2-4H,1H3,(H2,7,8). The number of benzene rings is 2. The van der Waals surface area contributed by atoms with Gasteiger partial charge in [0.05, 0.1) is 59.2 Å². The molecule has 0 spiro atoms. The summed E-state index contributed by atoms with van der Waals surface area (Å²) in [7, 11) is 6.81. The van der Waals surface area contributed by atoms with Gasteiger partial charge < -0.3 is 31.2 Å². The van der Waals surface area contributed by atoms with Gasteiger partial charge in [-0.25, -0.2) is 29.9 Å². The second kappa shape index (κ2) is 21.1. The van der Waals surface area contributed by atoms with Gasteiger partial charge in [-0.2, -0.15) is 10.2 Å². The summed E-state index contributed by atoms with van der Waals surface area (Å²) >= 11 is 6.07. The smallest absolute Gasteiger partial charge is 0.184 e. The highest BCUT2D eigenvalue weighted by Crippen LogP contribution is 2.41. The molecule has 0 amide bonds. The number of rotatable bonds is 14. The van der Waals surface area contributed by atoms with Gasteiger partial charge in [0.1, 0.15) is 35.3 Å². The molecule has 18 nitrogen and oxygen atoms in total. The first-order chi connectivity index (χ1) is 33.4. The zero-order chi connectivity index (χ0) is 48.6. The molecular formula is C50H51ClN14O4. The lowest BCUT2D eigenvalue weighted by molar-refractivity contribution is 0.0960. The van der Waals surface area contributed by atoms with Gasteiger partial charge in [0, 0.05) is 56.8 Å². The van der Waals surface area contributed by atoms with Crippen molar-refractivity contribution in [3.05, 3.63) is 138 Å². The van der Waals surface area contributed by atoms with E-state index < -0.39 is 0 Å². The maximum absolute atomic E-state index is 13.0. The third kappa shape index (κ3) is 11.8. The number of ether oxygens (including phenoxy) is 2. The Balaban J connectivity index is 0.000000163. The van der Waals surface area contributed by atoms with E-state index in [1.165, 1.54) is 6.20 Å². The van der Waals surface area contributed by atoms with Crippen molar-refractivity contribution in [2.45, 2.75) is 39.5 Å². The normalized spacial score (nSPS) is 12.7. The Morgan fingerprint density at radius 2 is 1.10 bits per heavy atom. The molecule has 5 N–H and O–H groups in total. The van der Waals surface area contributed by atoms with Crippen LogP contribution in [-0.2, 0) is 14.1 Å². The zero-order valence-corrected chi connectivity index (χ0v) is 39.7. The third-order valence-corrected chi connectivity index (χ3v) is 11.2. The quantitative estimate of drug-likeness (QED) is 0.0588.